The van der Waals surface area contributed by atoms with Gasteiger partial charge in [0, 0.05) is 6.08 Å². The summed E-state index contributed by atoms with van der Waals surface area (Å²) in [5, 5.41) is 3.93. The van der Waals surface area contributed by atoms with Crippen LogP contribution < -0.4 is 19.5 Å². The van der Waals surface area contributed by atoms with E-state index in [2.05, 4.69) is 10.3 Å². The van der Waals surface area contributed by atoms with Crippen molar-refractivity contribution in [2.24, 2.45) is 0 Å². The molecule has 0 aliphatic rings. The van der Waals surface area contributed by atoms with Gasteiger partial charge in [0.05, 0.1) is 36.1 Å². The number of amides is 1. The van der Waals surface area contributed by atoms with Crippen LogP contribution in [0.15, 0.2) is 30.3 Å². The largest absolute Gasteiger partial charge is 0.493 e. The second-order valence-electron chi connectivity index (χ2n) is 5.51. The Morgan fingerprint density at radius 2 is 1.79 bits per heavy atom. The Morgan fingerprint density at radius 3 is 2.39 bits per heavy atom. The summed E-state index contributed by atoms with van der Waals surface area (Å²) < 4.78 is 16.7. The fourth-order valence-electron chi connectivity index (χ4n) is 2.51. The standard InChI is InChI=1S/C19H16Cl2N2O4S/c1-25-12-8-10(9-13(26-2)18(12)27-3)4-7-15(24)22-19-23-17-14(28-19)6-5-11(20)16(17)21/h4-9H,1-3H3,(H,22,23,24)/b7-4+. The fraction of sp³-hybridized carbons (Fsp3) is 0.158. The molecule has 3 rings (SSSR count). The summed E-state index contributed by atoms with van der Waals surface area (Å²) in [7, 11) is 4.59. The van der Waals surface area contributed by atoms with Crippen LogP contribution in [0.1, 0.15) is 5.56 Å². The van der Waals surface area contributed by atoms with Crippen molar-refractivity contribution in [3.8, 4) is 17.2 Å². The number of hydrogen-bond acceptors (Lipinski definition) is 6. The van der Waals surface area contributed by atoms with Gasteiger partial charge in [-0.05, 0) is 35.9 Å². The molecule has 3 aromatic rings. The van der Waals surface area contributed by atoms with Gasteiger partial charge >= 0.3 is 0 Å². The number of ether oxygens (including phenoxy) is 3. The average Bonchev–Trinajstić information content (AvgIpc) is 3.11. The number of methoxy groups -OCH3 is 3. The molecule has 1 heterocycles. The van der Waals surface area contributed by atoms with Crippen LogP contribution in [0, 0.1) is 0 Å². The summed E-state index contributed by atoms with van der Waals surface area (Å²) in [5.41, 5.74) is 1.27. The van der Waals surface area contributed by atoms with Gasteiger partial charge in [0.2, 0.25) is 11.7 Å². The molecule has 0 saturated carbocycles. The molecule has 1 amide bonds. The van der Waals surface area contributed by atoms with Gasteiger partial charge in [-0.3, -0.25) is 10.1 Å². The molecule has 6 nitrogen and oxygen atoms in total. The maximum Gasteiger partial charge on any atom is 0.250 e. The Bertz CT molecular complexity index is 1040. The van der Waals surface area contributed by atoms with E-state index in [1.165, 1.54) is 38.7 Å². The molecule has 0 atom stereocenters. The van der Waals surface area contributed by atoms with E-state index in [-0.39, 0.29) is 5.91 Å². The van der Waals surface area contributed by atoms with Gasteiger partial charge in [-0.15, -0.1) is 0 Å². The van der Waals surface area contributed by atoms with Crippen LogP contribution in [0.4, 0.5) is 5.13 Å². The van der Waals surface area contributed by atoms with E-state index in [1.807, 2.05) is 6.07 Å². The zero-order valence-electron chi connectivity index (χ0n) is 15.2. The minimum atomic E-state index is -0.338. The number of hydrogen-bond donors (Lipinski definition) is 1. The number of aromatic nitrogens is 1. The van der Waals surface area contributed by atoms with Crippen molar-refractivity contribution < 1.29 is 19.0 Å². The number of carbonyl (C=O) groups is 1. The number of benzene rings is 2. The monoisotopic (exact) mass is 438 g/mol. The number of halogens is 2. The van der Waals surface area contributed by atoms with Crippen molar-refractivity contribution in [2.75, 3.05) is 26.6 Å². The number of fused-ring (bicyclic) bond motifs is 1. The summed E-state index contributed by atoms with van der Waals surface area (Å²) in [6, 6.07) is 6.98. The summed E-state index contributed by atoms with van der Waals surface area (Å²) in [6.07, 6.45) is 3.03. The minimum absolute atomic E-state index is 0.338. The minimum Gasteiger partial charge on any atom is -0.493 e. The Balaban J connectivity index is 1.80. The van der Waals surface area contributed by atoms with Crippen molar-refractivity contribution in [3.05, 3.63) is 46.0 Å². The first-order valence-corrected chi connectivity index (χ1v) is 9.57. The predicted molar refractivity (Wildman–Crippen MR) is 113 cm³/mol. The van der Waals surface area contributed by atoms with E-state index < -0.39 is 0 Å². The summed E-state index contributed by atoms with van der Waals surface area (Å²) >= 11 is 13.5. The molecule has 0 fully saturated rings. The van der Waals surface area contributed by atoms with Gasteiger partial charge in [-0.25, -0.2) is 4.98 Å². The summed E-state index contributed by atoms with van der Waals surface area (Å²) in [6.45, 7) is 0. The molecule has 0 unspecified atom stereocenters. The van der Waals surface area contributed by atoms with Crippen molar-refractivity contribution in [2.45, 2.75) is 0 Å². The first-order valence-electron chi connectivity index (χ1n) is 8.00. The predicted octanol–water partition coefficient (Wildman–Crippen LogP) is 5.28. The van der Waals surface area contributed by atoms with E-state index in [9.17, 15) is 4.79 Å². The van der Waals surface area contributed by atoms with Crippen LogP contribution in [0.3, 0.4) is 0 Å². The quantitative estimate of drug-likeness (QED) is 0.530. The third kappa shape index (κ3) is 4.16. The second kappa shape index (κ2) is 8.68. The van der Waals surface area contributed by atoms with Crippen LogP contribution >= 0.6 is 34.5 Å². The third-order valence-electron chi connectivity index (χ3n) is 3.80. The maximum atomic E-state index is 12.3. The molecular weight excluding hydrogens is 423 g/mol. The zero-order valence-corrected chi connectivity index (χ0v) is 17.5. The number of carbonyl (C=O) groups excluding carboxylic acids is 1. The molecule has 28 heavy (non-hydrogen) atoms. The van der Waals surface area contributed by atoms with Crippen molar-refractivity contribution >= 4 is 61.9 Å². The highest BCUT2D eigenvalue weighted by Gasteiger charge is 2.13. The number of anilines is 1. The smallest absolute Gasteiger partial charge is 0.250 e. The number of thiazole rings is 1. The number of nitrogens with one attached hydrogen (secondary N) is 1. The molecule has 0 radical (unpaired) electrons. The van der Waals surface area contributed by atoms with E-state index in [1.54, 1.807) is 24.3 Å². The number of nitrogens with zero attached hydrogens (tertiary/aromatic N) is 1. The van der Waals surface area contributed by atoms with Gasteiger partial charge < -0.3 is 14.2 Å². The lowest BCUT2D eigenvalue weighted by molar-refractivity contribution is -0.111. The molecular formula is C19H16Cl2N2O4S. The first kappa shape index (κ1) is 20.3. The second-order valence-corrected chi connectivity index (χ2v) is 7.32. The summed E-state index contributed by atoms with van der Waals surface area (Å²) in [5.74, 6) is 1.14. The summed E-state index contributed by atoms with van der Waals surface area (Å²) in [4.78, 5) is 16.6. The highest BCUT2D eigenvalue weighted by atomic mass is 35.5. The Kier molecular flexibility index (Phi) is 6.28. The van der Waals surface area contributed by atoms with Gasteiger partial charge in [0.25, 0.3) is 0 Å². The Labute approximate surface area is 175 Å². The lowest BCUT2D eigenvalue weighted by Crippen LogP contribution is -2.07. The molecule has 0 aliphatic carbocycles. The fourth-order valence-corrected chi connectivity index (χ4v) is 3.80. The van der Waals surface area contributed by atoms with Crippen molar-refractivity contribution in [1.82, 2.24) is 4.98 Å². The molecule has 1 N–H and O–H groups in total. The van der Waals surface area contributed by atoms with Crippen LogP contribution in [-0.4, -0.2) is 32.2 Å². The Hall–Kier alpha value is -2.48. The van der Waals surface area contributed by atoms with Crippen LogP contribution in [0.25, 0.3) is 16.3 Å². The van der Waals surface area contributed by atoms with Crippen molar-refractivity contribution in [1.29, 1.82) is 0 Å². The first-order chi connectivity index (χ1) is 13.5. The zero-order chi connectivity index (χ0) is 20.3. The SMILES string of the molecule is COc1cc(/C=C/C(=O)Nc2nc3c(Cl)c(Cl)ccc3s2)cc(OC)c1OC. The molecule has 146 valence electrons. The highest BCUT2D eigenvalue weighted by molar-refractivity contribution is 7.22. The molecule has 0 aliphatic heterocycles. The molecule has 1 aromatic heterocycles. The van der Waals surface area contributed by atoms with Gasteiger partial charge in [0.15, 0.2) is 16.6 Å². The van der Waals surface area contributed by atoms with Crippen LogP contribution in [-0.2, 0) is 4.79 Å². The topological polar surface area (TPSA) is 69.7 Å². The van der Waals surface area contributed by atoms with Crippen LogP contribution in [0.5, 0.6) is 17.2 Å². The van der Waals surface area contributed by atoms with E-state index in [0.29, 0.717) is 43.5 Å². The molecule has 0 bridgehead atoms. The van der Waals surface area contributed by atoms with Gasteiger partial charge in [-0.1, -0.05) is 34.5 Å². The number of rotatable bonds is 6. The normalized spacial score (nSPS) is 11.0. The molecule has 2 aromatic carbocycles. The van der Waals surface area contributed by atoms with E-state index >= 15 is 0 Å². The van der Waals surface area contributed by atoms with Crippen LogP contribution in [0.2, 0.25) is 10.0 Å². The van der Waals surface area contributed by atoms with Crippen molar-refractivity contribution in [3.63, 3.8) is 0 Å². The molecule has 0 spiro atoms. The molecule has 9 heteroatoms. The van der Waals surface area contributed by atoms with Gasteiger partial charge in [-0.2, -0.15) is 0 Å². The highest BCUT2D eigenvalue weighted by Crippen LogP contribution is 2.38. The van der Waals surface area contributed by atoms with Gasteiger partial charge in [0.1, 0.15) is 5.52 Å². The van der Waals surface area contributed by atoms with E-state index in [0.717, 1.165) is 4.70 Å². The van der Waals surface area contributed by atoms with E-state index in [4.69, 9.17) is 37.4 Å². The Morgan fingerprint density at radius 1 is 1.11 bits per heavy atom. The lowest BCUT2D eigenvalue weighted by atomic mass is 10.1. The average molecular weight is 439 g/mol. The molecule has 0 saturated heterocycles. The maximum absolute atomic E-state index is 12.3. The lowest BCUT2D eigenvalue weighted by Gasteiger charge is -2.12. The third-order valence-corrected chi connectivity index (χ3v) is 5.53.